The molecular weight excluding hydrogens is 250 g/mol. The van der Waals surface area contributed by atoms with Crippen LogP contribution >= 0.6 is 0 Å². The van der Waals surface area contributed by atoms with Gasteiger partial charge in [-0.15, -0.1) is 0 Å². The average molecular weight is 260 g/mol. The smallest absolute Gasteiger partial charge is 0.338 e. The van der Waals surface area contributed by atoms with Crippen LogP contribution in [0.25, 0.3) is 0 Å². The Morgan fingerprint density at radius 2 is 2.17 bits per heavy atom. The van der Waals surface area contributed by atoms with Gasteiger partial charge in [0.1, 0.15) is 0 Å². The highest BCUT2D eigenvalue weighted by molar-refractivity contribution is 5.95. The van der Waals surface area contributed by atoms with Gasteiger partial charge in [0.05, 0.1) is 22.7 Å². The van der Waals surface area contributed by atoms with Gasteiger partial charge in [0.2, 0.25) is 0 Å². The van der Waals surface area contributed by atoms with Crippen molar-refractivity contribution >= 4 is 17.3 Å². The molecule has 18 heavy (non-hydrogen) atoms. The highest BCUT2D eigenvalue weighted by atomic mass is 19.3. The monoisotopic (exact) mass is 260 g/mol. The minimum absolute atomic E-state index is 0.00778. The van der Waals surface area contributed by atoms with Gasteiger partial charge in [-0.3, -0.25) is 10.1 Å². The number of nitro benzene ring substituents is 1. The van der Waals surface area contributed by atoms with Crippen LogP contribution < -0.4 is 4.90 Å². The van der Waals surface area contributed by atoms with Crippen LogP contribution in [0.3, 0.4) is 0 Å². The SMILES string of the molecule is CN(CC(F)F)c1ccc([N+](=O)[O-])cc1C(=O)O. The predicted octanol–water partition coefficient (Wildman–Crippen LogP) is 1.99. The molecule has 1 N–H and O–H groups in total. The van der Waals surface area contributed by atoms with E-state index in [1.165, 1.54) is 7.05 Å². The predicted molar refractivity (Wildman–Crippen MR) is 59.3 cm³/mol. The van der Waals surface area contributed by atoms with Crippen molar-refractivity contribution in [2.24, 2.45) is 0 Å². The molecule has 98 valence electrons. The molecule has 1 aromatic rings. The fourth-order valence-corrected chi connectivity index (χ4v) is 1.45. The standard InChI is InChI=1S/C10H10F2N2O4/c1-13(5-9(11)12)8-3-2-6(14(17)18)4-7(8)10(15)16/h2-4,9H,5H2,1H3,(H,15,16). The van der Waals surface area contributed by atoms with Gasteiger partial charge in [-0.05, 0) is 6.07 Å². The van der Waals surface area contributed by atoms with Gasteiger partial charge < -0.3 is 10.0 Å². The summed E-state index contributed by atoms with van der Waals surface area (Å²) in [6.45, 7) is -0.655. The Morgan fingerprint density at radius 3 is 2.61 bits per heavy atom. The molecule has 0 amide bonds. The van der Waals surface area contributed by atoms with Crippen molar-refractivity contribution in [2.45, 2.75) is 6.43 Å². The summed E-state index contributed by atoms with van der Waals surface area (Å²) in [7, 11) is 1.29. The molecular formula is C10H10F2N2O4. The third-order valence-corrected chi connectivity index (χ3v) is 2.24. The van der Waals surface area contributed by atoms with Gasteiger partial charge in [-0.25, -0.2) is 13.6 Å². The van der Waals surface area contributed by atoms with Crippen molar-refractivity contribution < 1.29 is 23.6 Å². The van der Waals surface area contributed by atoms with Crippen molar-refractivity contribution in [2.75, 3.05) is 18.5 Å². The molecule has 0 unspecified atom stereocenters. The maximum Gasteiger partial charge on any atom is 0.338 e. The number of carbonyl (C=O) groups is 1. The van der Waals surface area contributed by atoms with Crippen LogP contribution in [0.4, 0.5) is 20.2 Å². The Morgan fingerprint density at radius 1 is 1.56 bits per heavy atom. The Hall–Kier alpha value is -2.25. The highest BCUT2D eigenvalue weighted by Crippen LogP contribution is 2.25. The second-order valence-corrected chi connectivity index (χ2v) is 3.54. The van der Waals surface area contributed by atoms with E-state index in [-0.39, 0.29) is 11.3 Å². The molecule has 0 aromatic heterocycles. The third kappa shape index (κ3) is 3.12. The third-order valence-electron chi connectivity index (χ3n) is 2.24. The summed E-state index contributed by atoms with van der Waals surface area (Å²) in [5, 5.41) is 19.4. The number of carboxylic acids is 1. The van der Waals surface area contributed by atoms with E-state index in [0.29, 0.717) is 0 Å². The zero-order valence-corrected chi connectivity index (χ0v) is 9.34. The topological polar surface area (TPSA) is 83.7 Å². The molecule has 0 aliphatic heterocycles. The number of nitro groups is 1. The molecule has 1 rings (SSSR count). The molecule has 6 nitrogen and oxygen atoms in total. The van der Waals surface area contributed by atoms with Crippen LogP contribution in [0.15, 0.2) is 18.2 Å². The first kappa shape index (κ1) is 13.8. The zero-order chi connectivity index (χ0) is 13.9. The number of alkyl halides is 2. The lowest BCUT2D eigenvalue weighted by molar-refractivity contribution is -0.384. The molecule has 0 bridgehead atoms. The first-order chi connectivity index (χ1) is 8.32. The van der Waals surface area contributed by atoms with E-state index >= 15 is 0 Å². The molecule has 0 fully saturated rings. The summed E-state index contributed by atoms with van der Waals surface area (Å²) in [4.78, 5) is 21.8. The molecule has 0 heterocycles. The molecule has 0 aliphatic rings. The van der Waals surface area contributed by atoms with Crippen LogP contribution in [-0.4, -0.2) is 36.0 Å². The summed E-state index contributed by atoms with van der Waals surface area (Å²) in [6, 6.07) is 3.06. The fraction of sp³-hybridized carbons (Fsp3) is 0.300. The number of halogens is 2. The van der Waals surface area contributed by atoms with E-state index in [9.17, 15) is 23.7 Å². The number of benzene rings is 1. The van der Waals surface area contributed by atoms with E-state index in [4.69, 9.17) is 5.11 Å². The van der Waals surface area contributed by atoms with E-state index in [1.54, 1.807) is 0 Å². The average Bonchev–Trinajstić information content (AvgIpc) is 2.26. The van der Waals surface area contributed by atoms with Crippen LogP contribution in [0.1, 0.15) is 10.4 Å². The normalized spacial score (nSPS) is 10.4. The summed E-state index contributed by atoms with van der Waals surface area (Å²) < 4.78 is 24.4. The molecule has 1 aromatic carbocycles. The van der Waals surface area contributed by atoms with E-state index < -0.39 is 29.6 Å². The minimum atomic E-state index is -2.63. The van der Waals surface area contributed by atoms with E-state index in [2.05, 4.69) is 0 Å². The minimum Gasteiger partial charge on any atom is -0.478 e. The lowest BCUT2D eigenvalue weighted by atomic mass is 10.1. The Bertz CT molecular complexity index is 479. The van der Waals surface area contributed by atoms with Crippen LogP contribution in [0.2, 0.25) is 0 Å². The number of aromatic carboxylic acids is 1. The molecule has 0 saturated heterocycles. The van der Waals surface area contributed by atoms with Gasteiger partial charge in [0, 0.05) is 19.2 Å². The van der Waals surface area contributed by atoms with Gasteiger partial charge in [-0.2, -0.15) is 0 Å². The summed E-state index contributed by atoms with van der Waals surface area (Å²) in [5.41, 5.74) is -0.776. The fourth-order valence-electron chi connectivity index (χ4n) is 1.45. The van der Waals surface area contributed by atoms with Crippen molar-refractivity contribution in [1.29, 1.82) is 0 Å². The van der Waals surface area contributed by atoms with Crippen LogP contribution in [-0.2, 0) is 0 Å². The largest absolute Gasteiger partial charge is 0.478 e. The molecule has 0 aliphatic carbocycles. The van der Waals surface area contributed by atoms with Gasteiger partial charge in [0.25, 0.3) is 12.1 Å². The maximum atomic E-state index is 12.2. The zero-order valence-electron chi connectivity index (χ0n) is 9.34. The molecule has 0 atom stereocenters. The lowest BCUT2D eigenvalue weighted by Gasteiger charge is -2.20. The van der Waals surface area contributed by atoms with Crippen LogP contribution in [0, 0.1) is 10.1 Å². The first-order valence-electron chi connectivity index (χ1n) is 4.84. The van der Waals surface area contributed by atoms with Gasteiger partial charge in [0.15, 0.2) is 0 Å². The van der Waals surface area contributed by atoms with Crippen molar-refractivity contribution in [3.05, 3.63) is 33.9 Å². The first-order valence-corrected chi connectivity index (χ1v) is 4.84. The number of hydrogen-bond acceptors (Lipinski definition) is 4. The number of non-ortho nitro benzene ring substituents is 1. The lowest BCUT2D eigenvalue weighted by Crippen LogP contribution is -2.25. The van der Waals surface area contributed by atoms with Crippen molar-refractivity contribution in [3.8, 4) is 0 Å². The van der Waals surface area contributed by atoms with Crippen LogP contribution in [0.5, 0.6) is 0 Å². The Balaban J connectivity index is 3.19. The number of carboxylic acid groups (broad SMARTS) is 1. The Kier molecular flexibility index (Phi) is 4.13. The van der Waals surface area contributed by atoms with Crippen molar-refractivity contribution in [1.82, 2.24) is 0 Å². The highest BCUT2D eigenvalue weighted by Gasteiger charge is 2.19. The Labute approximate surface area is 101 Å². The maximum absolute atomic E-state index is 12.2. The summed E-state index contributed by atoms with van der Waals surface area (Å²) >= 11 is 0. The summed E-state index contributed by atoms with van der Waals surface area (Å²) in [6.07, 6.45) is -2.63. The quantitative estimate of drug-likeness (QED) is 0.646. The number of hydrogen-bond donors (Lipinski definition) is 1. The molecule has 8 heteroatoms. The van der Waals surface area contributed by atoms with E-state index in [1.807, 2.05) is 0 Å². The number of nitrogens with zero attached hydrogens (tertiary/aromatic N) is 2. The van der Waals surface area contributed by atoms with Gasteiger partial charge in [-0.1, -0.05) is 0 Å². The number of anilines is 1. The van der Waals surface area contributed by atoms with E-state index in [0.717, 1.165) is 23.1 Å². The second kappa shape index (κ2) is 5.39. The van der Waals surface area contributed by atoms with Gasteiger partial charge >= 0.3 is 5.97 Å². The molecule has 0 spiro atoms. The summed E-state index contributed by atoms with van der Waals surface area (Å²) in [5.74, 6) is -1.41. The number of rotatable bonds is 5. The van der Waals surface area contributed by atoms with Crippen molar-refractivity contribution in [3.63, 3.8) is 0 Å². The second-order valence-electron chi connectivity index (χ2n) is 3.54. The molecule has 0 saturated carbocycles. The molecule has 0 radical (unpaired) electrons.